The Labute approximate surface area is 213 Å². The van der Waals surface area contributed by atoms with E-state index in [4.69, 9.17) is 14.2 Å². The zero-order valence-corrected chi connectivity index (χ0v) is 22.9. The zero-order valence-electron chi connectivity index (χ0n) is 22.0. The summed E-state index contributed by atoms with van der Waals surface area (Å²) < 4.78 is 43.5. The smallest absolute Gasteiger partial charge is 0.410 e. The van der Waals surface area contributed by atoms with Crippen molar-refractivity contribution in [2.24, 2.45) is 0 Å². The van der Waals surface area contributed by atoms with E-state index in [9.17, 15) is 18.4 Å². The second kappa shape index (κ2) is 12.8. The topological polar surface area (TPSA) is 68.3 Å². The first-order chi connectivity index (χ1) is 15.9. The summed E-state index contributed by atoms with van der Waals surface area (Å²) in [6.07, 6.45) is -4.39. The van der Waals surface area contributed by atoms with E-state index < -0.39 is 47.1 Å². The number of thiol groups is 1. The molecule has 200 valence electrons. The SMILES string of the molecule is CN(C(=O)OC(C)(C)C)[C@](C)(CN(CC(F)F)C(=O)OC(C)(C)C)C(S)COCc1ccccc1. The molecule has 0 aliphatic carbocycles. The molecule has 2 atom stereocenters. The van der Waals surface area contributed by atoms with Gasteiger partial charge in [-0.3, -0.25) is 0 Å². The lowest BCUT2D eigenvalue weighted by Crippen LogP contribution is -2.62. The summed E-state index contributed by atoms with van der Waals surface area (Å²) in [6, 6.07) is 9.49. The summed E-state index contributed by atoms with van der Waals surface area (Å²) in [5.74, 6) is 0. The van der Waals surface area contributed by atoms with Gasteiger partial charge in [0.25, 0.3) is 6.43 Å². The Balaban J connectivity index is 3.20. The number of hydrogen-bond acceptors (Lipinski definition) is 6. The minimum Gasteiger partial charge on any atom is -0.444 e. The zero-order chi connectivity index (χ0) is 27.0. The number of carbonyl (C=O) groups is 2. The van der Waals surface area contributed by atoms with Gasteiger partial charge in [-0.15, -0.1) is 0 Å². The molecule has 0 spiro atoms. The molecule has 7 nitrogen and oxygen atoms in total. The van der Waals surface area contributed by atoms with E-state index in [0.717, 1.165) is 10.5 Å². The van der Waals surface area contributed by atoms with Crippen LogP contribution in [0.3, 0.4) is 0 Å². The Morgan fingerprint density at radius 1 is 0.943 bits per heavy atom. The molecule has 0 aliphatic heterocycles. The van der Waals surface area contributed by atoms with Crippen molar-refractivity contribution in [1.82, 2.24) is 9.80 Å². The normalized spacial score (nSPS) is 14.7. The van der Waals surface area contributed by atoms with Gasteiger partial charge in [-0.1, -0.05) is 30.3 Å². The van der Waals surface area contributed by atoms with Crippen LogP contribution in [0.2, 0.25) is 0 Å². The summed E-state index contributed by atoms with van der Waals surface area (Å²) >= 11 is 4.68. The molecule has 1 unspecified atom stereocenters. The van der Waals surface area contributed by atoms with Crippen molar-refractivity contribution in [3.05, 3.63) is 35.9 Å². The molecule has 0 N–H and O–H groups in total. The van der Waals surface area contributed by atoms with Crippen molar-refractivity contribution in [2.45, 2.75) is 83.5 Å². The Morgan fingerprint density at radius 2 is 1.46 bits per heavy atom. The van der Waals surface area contributed by atoms with E-state index >= 15 is 0 Å². The van der Waals surface area contributed by atoms with Crippen LogP contribution >= 0.6 is 12.6 Å². The molecule has 1 rings (SSSR count). The second-order valence-electron chi connectivity index (χ2n) is 10.7. The number of rotatable bonds is 10. The van der Waals surface area contributed by atoms with Gasteiger partial charge >= 0.3 is 12.2 Å². The fraction of sp³-hybridized carbons (Fsp3) is 0.680. The quantitative estimate of drug-likeness (QED) is 0.407. The maximum Gasteiger partial charge on any atom is 0.410 e. The van der Waals surface area contributed by atoms with Crippen molar-refractivity contribution in [3.8, 4) is 0 Å². The Bertz CT molecular complexity index is 814. The molecule has 10 heteroatoms. The molecule has 1 aromatic rings. The minimum atomic E-state index is -2.80. The van der Waals surface area contributed by atoms with E-state index in [1.165, 1.54) is 11.9 Å². The number of hydrogen-bond donors (Lipinski definition) is 1. The highest BCUT2D eigenvalue weighted by atomic mass is 32.1. The van der Waals surface area contributed by atoms with Crippen molar-refractivity contribution >= 4 is 24.8 Å². The van der Waals surface area contributed by atoms with E-state index in [1.807, 2.05) is 30.3 Å². The van der Waals surface area contributed by atoms with Crippen LogP contribution in [-0.4, -0.2) is 77.1 Å². The van der Waals surface area contributed by atoms with Gasteiger partial charge in [0.15, 0.2) is 0 Å². The number of amides is 2. The van der Waals surface area contributed by atoms with Crippen molar-refractivity contribution < 1.29 is 32.6 Å². The van der Waals surface area contributed by atoms with Gasteiger partial charge in [0.05, 0.1) is 30.5 Å². The van der Waals surface area contributed by atoms with Gasteiger partial charge in [-0.2, -0.15) is 12.6 Å². The number of carbonyl (C=O) groups excluding carboxylic acids is 2. The molecule has 2 amide bonds. The molecule has 0 bridgehead atoms. The molecule has 1 aromatic carbocycles. The molecule has 0 fully saturated rings. The average molecular weight is 519 g/mol. The lowest BCUT2D eigenvalue weighted by molar-refractivity contribution is -0.0241. The third kappa shape index (κ3) is 11.0. The highest BCUT2D eigenvalue weighted by molar-refractivity contribution is 7.81. The predicted molar refractivity (Wildman–Crippen MR) is 135 cm³/mol. The van der Waals surface area contributed by atoms with Gasteiger partial charge in [-0.25, -0.2) is 18.4 Å². The lowest BCUT2D eigenvalue weighted by Gasteiger charge is -2.45. The van der Waals surface area contributed by atoms with Gasteiger partial charge in [0, 0.05) is 13.6 Å². The first kappa shape index (κ1) is 31.0. The van der Waals surface area contributed by atoms with Crippen LogP contribution in [0.1, 0.15) is 54.0 Å². The van der Waals surface area contributed by atoms with Gasteiger partial charge in [-0.05, 0) is 54.0 Å². The number of likely N-dealkylation sites (N-methyl/N-ethyl adjacent to an activating group) is 1. The molecule has 0 saturated carbocycles. The van der Waals surface area contributed by atoms with Crippen LogP contribution in [-0.2, 0) is 20.8 Å². The van der Waals surface area contributed by atoms with Crippen LogP contribution in [0.15, 0.2) is 30.3 Å². The standard InChI is InChI=1S/C25H40F2N2O5S/c1-23(2,3)33-21(30)28(8)25(7,19(35)16-32-15-18-12-10-9-11-13-18)17-29(14-20(26)27)22(31)34-24(4,5)6/h9-13,19-20,35H,14-17H2,1-8H3/t19?,25-/m1/s1. The predicted octanol–water partition coefficient (Wildman–Crippen LogP) is 5.63. The average Bonchev–Trinajstić information content (AvgIpc) is 2.70. The number of benzene rings is 1. The Hall–Kier alpha value is -2.07. The maximum atomic E-state index is 13.4. The maximum absolute atomic E-state index is 13.4. The second-order valence-corrected chi connectivity index (χ2v) is 11.3. The number of alkyl halides is 2. The Morgan fingerprint density at radius 3 is 1.94 bits per heavy atom. The summed E-state index contributed by atoms with van der Waals surface area (Å²) in [4.78, 5) is 27.9. The molecule has 0 radical (unpaired) electrons. The van der Waals surface area contributed by atoms with E-state index in [1.54, 1.807) is 48.5 Å². The van der Waals surface area contributed by atoms with E-state index in [0.29, 0.717) is 6.61 Å². The van der Waals surface area contributed by atoms with Crippen LogP contribution in [0.25, 0.3) is 0 Å². The fourth-order valence-corrected chi connectivity index (χ4v) is 3.46. The third-order valence-corrected chi connectivity index (χ3v) is 5.77. The Kier molecular flexibility index (Phi) is 11.3. The molecule has 0 saturated heterocycles. The van der Waals surface area contributed by atoms with Gasteiger partial charge in [0.1, 0.15) is 11.2 Å². The van der Waals surface area contributed by atoms with Crippen LogP contribution in [0.5, 0.6) is 0 Å². The van der Waals surface area contributed by atoms with E-state index in [-0.39, 0.29) is 13.2 Å². The van der Waals surface area contributed by atoms with Gasteiger partial charge < -0.3 is 24.0 Å². The number of ether oxygens (including phenoxy) is 3. The van der Waals surface area contributed by atoms with Crippen LogP contribution in [0, 0.1) is 0 Å². The molecule has 0 heterocycles. The highest BCUT2D eigenvalue weighted by Crippen LogP contribution is 2.28. The largest absolute Gasteiger partial charge is 0.444 e. The summed E-state index contributed by atoms with van der Waals surface area (Å²) in [6.45, 7) is 11.0. The monoisotopic (exact) mass is 518 g/mol. The molecule has 0 aromatic heterocycles. The van der Waals surface area contributed by atoms with Crippen molar-refractivity contribution in [3.63, 3.8) is 0 Å². The fourth-order valence-electron chi connectivity index (χ4n) is 3.10. The number of nitrogens with zero attached hydrogens (tertiary/aromatic N) is 2. The summed E-state index contributed by atoms with van der Waals surface area (Å²) in [7, 11) is 1.49. The van der Waals surface area contributed by atoms with E-state index in [2.05, 4.69) is 12.6 Å². The van der Waals surface area contributed by atoms with Crippen molar-refractivity contribution in [2.75, 3.05) is 26.7 Å². The molecule has 0 aliphatic rings. The lowest BCUT2D eigenvalue weighted by atomic mass is 9.94. The molecular formula is C25H40F2N2O5S. The minimum absolute atomic E-state index is 0.0818. The first-order valence-electron chi connectivity index (χ1n) is 11.5. The summed E-state index contributed by atoms with van der Waals surface area (Å²) in [5.41, 5.74) is -1.96. The third-order valence-electron chi connectivity index (χ3n) is 5.06. The number of halogens is 2. The highest BCUT2D eigenvalue weighted by Gasteiger charge is 2.44. The molecular weight excluding hydrogens is 478 g/mol. The van der Waals surface area contributed by atoms with Crippen molar-refractivity contribution in [1.29, 1.82) is 0 Å². The molecule has 35 heavy (non-hydrogen) atoms. The summed E-state index contributed by atoms with van der Waals surface area (Å²) in [5, 5.41) is -0.661. The van der Waals surface area contributed by atoms with Crippen LogP contribution < -0.4 is 0 Å². The first-order valence-corrected chi connectivity index (χ1v) is 12.0. The van der Waals surface area contributed by atoms with Crippen LogP contribution in [0.4, 0.5) is 18.4 Å². The van der Waals surface area contributed by atoms with Gasteiger partial charge in [0.2, 0.25) is 0 Å².